The molecule has 7 nitrogen and oxygen atoms in total. The maximum Gasteiger partial charge on any atom is 0.231 e. The van der Waals surface area contributed by atoms with Crippen LogP contribution in [0.5, 0.6) is 11.5 Å². The first-order valence-electron chi connectivity index (χ1n) is 9.51. The summed E-state index contributed by atoms with van der Waals surface area (Å²) in [7, 11) is 3.27. The SMILES string of the molecule is COc1cccc(Cc2nc([C@@H]3CC(=O)N(Cc4ccccc4OC)C3)no2)c1. The van der Waals surface area contributed by atoms with Gasteiger partial charge in [-0.05, 0) is 23.8 Å². The fourth-order valence-corrected chi connectivity index (χ4v) is 3.60. The Labute approximate surface area is 169 Å². The summed E-state index contributed by atoms with van der Waals surface area (Å²) in [6.45, 7) is 1.07. The summed E-state index contributed by atoms with van der Waals surface area (Å²) >= 11 is 0. The van der Waals surface area contributed by atoms with E-state index in [2.05, 4.69) is 10.1 Å². The highest BCUT2D eigenvalue weighted by atomic mass is 16.5. The second-order valence-corrected chi connectivity index (χ2v) is 7.06. The molecular weight excluding hydrogens is 370 g/mol. The van der Waals surface area contributed by atoms with Crippen LogP contribution in [-0.4, -0.2) is 41.7 Å². The molecule has 1 aromatic heterocycles. The number of methoxy groups -OCH3 is 2. The van der Waals surface area contributed by atoms with Gasteiger partial charge in [0.1, 0.15) is 11.5 Å². The lowest BCUT2D eigenvalue weighted by Gasteiger charge is -2.17. The molecule has 29 heavy (non-hydrogen) atoms. The molecule has 150 valence electrons. The first-order chi connectivity index (χ1) is 14.2. The van der Waals surface area contributed by atoms with Crippen LogP contribution in [0.2, 0.25) is 0 Å². The van der Waals surface area contributed by atoms with Gasteiger partial charge < -0.3 is 18.9 Å². The number of hydrogen-bond acceptors (Lipinski definition) is 6. The van der Waals surface area contributed by atoms with Gasteiger partial charge in [-0.1, -0.05) is 35.5 Å². The Morgan fingerprint density at radius 1 is 1.14 bits per heavy atom. The number of aromatic nitrogens is 2. The van der Waals surface area contributed by atoms with E-state index < -0.39 is 0 Å². The highest BCUT2D eigenvalue weighted by molar-refractivity contribution is 5.79. The Morgan fingerprint density at radius 2 is 2.00 bits per heavy atom. The molecule has 1 amide bonds. The maximum absolute atomic E-state index is 12.5. The normalized spacial score (nSPS) is 16.3. The summed E-state index contributed by atoms with van der Waals surface area (Å²) in [6.07, 6.45) is 0.906. The zero-order chi connectivity index (χ0) is 20.2. The molecule has 2 heterocycles. The first-order valence-corrected chi connectivity index (χ1v) is 9.51. The third-order valence-electron chi connectivity index (χ3n) is 5.11. The fourth-order valence-electron chi connectivity index (χ4n) is 3.60. The Morgan fingerprint density at radius 3 is 2.83 bits per heavy atom. The van der Waals surface area contributed by atoms with E-state index >= 15 is 0 Å². The zero-order valence-electron chi connectivity index (χ0n) is 16.5. The van der Waals surface area contributed by atoms with E-state index in [1.54, 1.807) is 14.2 Å². The average molecular weight is 393 g/mol. The molecule has 0 radical (unpaired) electrons. The molecule has 0 bridgehead atoms. The van der Waals surface area contributed by atoms with E-state index in [0.29, 0.717) is 37.6 Å². The molecule has 0 saturated carbocycles. The Hall–Kier alpha value is -3.35. The molecule has 0 spiro atoms. The van der Waals surface area contributed by atoms with Crippen molar-refractivity contribution in [2.75, 3.05) is 20.8 Å². The molecular formula is C22H23N3O4. The molecule has 0 unspecified atom stereocenters. The summed E-state index contributed by atoms with van der Waals surface area (Å²) in [5, 5.41) is 4.13. The van der Waals surface area contributed by atoms with Gasteiger partial charge in [0, 0.05) is 31.0 Å². The second kappa shape index (κ2) is 8.34. The van der Waals surface area contributed by atoms with E-state index in [-0.39, 0.29) is 11.8 Å². The van der Waals surface area contributed by atoms with E-state index in [1.165, 1.54) is 0 Å². The lowest BCUT2D eigenvalue weighted by molar-refractivity contribution is -0.128. The molecule has 2 aromatic carbocycles. The molecule has 7 heteroatoms. The number of rotatable bonds is 7. The van der Waals surface area contributed by atoms with E-state index in [4.69, 9.17) is 14.0 Å². The van der Waals surface area contributed by atoms with Gasteiger partial charge in [0.05, 0.1) is 20.6 Å². The van der Waals surface area contributed by atoms with Crippen LogP contribution in [-0.2, 0) is 17.8 Å². The number of ether oxygens (including phenoxy) is 2. The average Bonchev–Trinajstić information content (AvgIpc) is 3.35. The number of carbonyl (C=O) groups excluding carboxylic acids is 1. The summed E-state index contributed by atoms with van der Waals surface area (Å²) < 4.78 is 16.1. The molecule has 1 saturated heterocycles. The van der Waals surface area contributed by atoms with Crippen molar-refractivity contribution in [3.63, 3.8) is 0 Å². The van der Waals surface area contributed by atoms with Gasteiger partial charge in [-0.15, -0.1) is 0 Å². The van der Waals surface area contributed by atoms with Gasteiger partial charge in [0.2, 0.25) is 11.8 Å². The standard InChI is InChI=1S/C22H23N3O4/c1-27-18-8-5-6-15(10-18)11-20-23-22(24-29-20)17-12-21(26)25(14-17)13-16-7-3-4-9-19(16)28-2/h3-10,17H,11-14H2,1-2H3/t17-/m1/s1. The molecule has 3 aromatic rings. The lowest BCUT2D eigenvalue weighted by atomic mass is 10.1. The number of amides is 1. The highest BCUT2D eigenvalue weighted by Crippen LogP contribution is 2.29. The van der Waals surface area contributed by atoms with Crippen LogP contribution in [0.4, 0.5) is 0 Å². The quantitative estimate of drug-likeness (QED) is 0.613. The minimum absolute atomic E-state index is 0.0694. The third kappa shape index (κ3) is 4.23. The minimum Gasteiger partial charge on any atom is -0.497 e. The molecule has 0 N–H and O–H groups in total. The monoisotopic (exact) mass is 393 g/mol. The van der Waals surface area contributed by atoms with Crippen LogP contribution < -0.4 is 9.47 Å². The molecule has 1 aliphatic heterocycles. The van der Waals surface area contributed by atoms with Crippen LogP contribution in [0.15, 0.2) is 53.1 Å². The van der Waals surface area contributed by atoms with Gasteiger partial charge in [0.25, 0.3) is 0 Å². The summed E-state index contributed by atoms with van der Waals surface area (Å²) in [5.41, 5.74) is 2.01. The fraction of sp³-hybridized carbons (Fsp3) is 0.318. The number of likely N-dealkylation sites (tertiary alicyclic amines) is 1. The highest BCUT2D eigenvalue weighted by Gasteiger charge is 2.34. The van der Waals surface area contributed by atoms with Crippen molar-refractivity contribution in [1.82, 2.24) is 15.0 Å². The van der Waals surface area contributed by atoms with Crippen molar-refractivity contribution < 1.29 is 18.8 Å². The van der Waals surface area contributed by atoms with Crippen molar-refractivity contribution >= 4 is 5.91 Å². The molecule has 1 fully saturated rings. The van der Waals surface area contributed by atoms with Crippen LogP contribution in [0.1, 0.15) is 35.2 Å². The first kappa shape index (κ1) is 19.0. The van der Waals surface area contributed by atoms with Gasteiger partial charge in [-0.25, -0.2) is 0 Å². The second-order valence-electron chi connectivity index (χ2n) is 7.06. The molecule has 1 aliphatic rings. The van der Waals surface area contributed by atoms with Crippen LogP contribution in [0.25, 0.3) is 0 Å². The topological polar surface area (TPSA) is 77.7 Å². The number of benzene rings is 2. The van der Waals surface area contributed by atoms with Crippen molar-refractivity contribution in [3.05, 3.63) is 71.4 Å². The van der Waals surface area contributed by atoms with Crippen molar-refractivity contribution in [2.45, 2.75) is 25.3 Å². The van der Waals surface area contributed by atoms with Gasteiger partial charge in [0.15, 0.2) is 5.82 Å². The van der Waals surface area contributed by atoms with E-state index in [1.807, 2.05) is 53.4 Å². The predicted molar refractivity (Wildman–Crippen MR) is 106 cm³/mol. The van der Waals surface area contributed by atoms with E-state index in [0.717, 1.165) is 22.6 Å². The Balaban J connectivity index is 1.43. The minimum atomic E-state index is -0.0694. The molecule has 4 rings (SSSR count). The van der Waals surface area contributed by atoms with Gasteiger partial charge >= 0.3 is 0 Å². The van der Waals surface area contributed by atoms with Crippen LogP contribution >= 0.6 is 0 Å². The Kier molecular flexibility index (Phi) is 5.46. The Bertz CT molecular complexity index is 1000. The lowest BCUT2D eigenvalue weighted by Crippen LogP contribution is -2.24. The van der Waals surface area contributed by atoms with Crippen molar-refractivity contribution in [3.8, 4) is 11.5 Å². The number of hydrogen-bond donors (Lipinski definition) is 0. The summed E-state index contributed by atoms with van der Waals surface area (Å²) in [4.78, 5) is 18.9. The maximum atomic E-state index is 12.5. The number of nitrogens with zero attached hydrogens (tertiary/aromatic N) is 3. The van der Waals surface area contributed by atoms with Crippen LogP contribution in [0, 0.1) is 0 Å². The van der Waals surface area contributed by atoms with Gasteiger partial charge in [-0.3, -0.25) is 4.79 Å². The largest absolute Gasteiger partial charge is 0.497 e. The van der Waals surface area contributed by atoms with E-state index in [9.17, 15) is 4.79 Å². The predicted octanol–water partition coefficient (Wildman–Crippen LogP) is 3.19. The van der Waals surface area contributed by atoms with Crippen molar-refractivity contribution in [1.29, 1.82) is 0 Å². The number of para-hydroxylation sites is 1. The summed E-state index contributed by atoms with van der Waals surface area (Å²) in [5.74, 6) is 2.70. The van der Waals surface area contributed by atoms with Crippen LogP contribution in [0.3, 0.4) is 0 Å². The molecule has 0 aliphatic carbocycles. The number of carbonyl (C=O) groups is 1. The van der Waals surface area contributed by atoms with Crippen molar-refractivity contribution in [2.24, 2.45) is 0 Å². The molecule has 1 atom stereocenters. The third-order valence-corrected chi connectivity index (χ3v) is 5.11. The van der Waals surface area contributed by atoms with Gasteiger partial charge in [-0.2, -0.15) is 4.98 Å². The smallest absolute Gasteiger partial charge is 0.231 e. The zero-order valence-corrected chi connectivity index (χ0v) is 16.5. The summed E-state index contributed by atoms with van der Waals surface area (Å²) in [6, 6.07) is 15.5.